The standard InChI is InChI=1S/C28H31N3O3S/c1-7-34-27(33)24-18(4)29-28-31(25(24)21-12-14-22(15-13-21)30(5)6)26(32)23(35-28)16-19-8-10-20(11-9-19)17(2)3/h8-17,25H,7H2,1-6H3/b23-16-/t25-/m1/s1. The topological polar surface area (TPSA) is 63.9 Å². The summed E-state index contributed by atoms with van der Waals surface area (Å²) in [5.74, 6) is -0.00786. The summed E-state index contributed by atoms with van der Waals surface area (Å²) in [5, 5.41) is 0. The normalized spacial score (nSPS) is 15.7. The second kappa shape index (κ2) is 10.0. The van der Waals surface area contributed by atoms with Gasteiger partial charge in [-0.3, -0.25) is 9.36 Å². The zero-order valence-corrected chi connectivity index (χ0v) is 21.8. The number of nitrogens with zero attached hydrogens (tertiary/aromatic N) is 3. The lowest BCUT2D eigenvalue weighted by Gasteiger charge is -2.25. The maximum Gasteiger partial charge on any atom is 0.338 e. The number of fused-ring (bicyclic) bond motifs is 1. The molecular formula is C28H31N3O3S. The summed E-state index contributed by atoms with van der Waals surface area (Å²) in [6, 6.07) is 15.5. The zero-order valence-electron chi connectivity index (χ0n) is 21.0. The summed E-state index contributed by atoms with van der Waals surface area (Å²) in [6.45, 7) is 8.13. The molecule has 1 aliphatic heterocycles. The minimum absolute atomic E-state index is 0.169. The Bertz CT molecular complexity index is 1440. The number of aromatic nitrogens is 1. The van der Waals surface area contributed by atoms with Gasteiger partial charge in [0.2, 0.25) is 0 Å². The van der Waals surface area contributed by atoms with Crippen molar-refractivity contribution in [3.63, 3.8) is 0 Å². The fourth-order valence-corrected chi connectivity index (χ4v) is 5.24. The van der Waals surface area contributed by atoms with Crippen LogP contribution in [0.2, 0.25) is 0 Å². The van der Waals surface area contributed by atoms with Crippen LogP contribution in [0.4, 0.5) is 5.69 Å². The summed E-state index contributed by atoms with van der Waals surface area (Å²) >= 11 is 1.34. The van der Waals surface area contributed by atoms with Gasteiger partial charge in [-0.05, 0) is 54.7 Å². The molecule has 0 aliphatic carbocycles. The Morgan fingerprint density at radius 3 is 2.37 bits per heavy atom. The molecular weight excluding hydrogens is 458 g/mol. The molecule has 0 saturated carbocycles. The Hall–Kier alpha value is -3.45. The highest BCUT2D eigenvalue weighted by Gasteiger charge is 2.33. The van der Waals surface area contributed by atoms with Gasteiger partial charge >= 0.3 is 5.97 Å². The van der Waals surface area contributed by atoms with E-state index in [0.29, 0.717) is 26.5 Å². The van der Waals surface area contributed by atoms with E-state index in [9.17, 15) is 9.59 Å². The van der Waals surface area contributed by atoms with Crippen molar-refractivity contribution >= 4 is 29.1 Å². The predicted octanol–water partition coefficient (Wildman–Crippen LogP) is 3.99. The molecule has 0 amide bonds. The highest BCUT2D eigenvalue weighted by Crippen LogP contribution is 2.31. The number of allylic oxidation sites excluding steroid dienone is 1. The van der Waals surface area contributed by atoms with Crippen LogP contribution in [0.15, 0.2) is 69.6 Å². The molecule has 0 spiro atoms. The molecule has 0 saturated heterocycles. The third kappa shape index (κ3) is 4.86. The first kappa shape index (κ1) is 24.7. The van der Waals surface area contributed by atoms with Gasteiger partial charge in [0.1, 0.15) is 0 Å². The minimum atomic E-state index is -0.605. The van der Waals surface area contributed by atoms with E-state index in [4.69, 9.17) is 4.74 Å². The molecule has 1 atom stereocenters. The number of anilines is 1. The molecule has 0 bridgehead atoms. The number of rotatable bonds is 6. The monoisotopic (exact) mass is 489 g/mol. The number of hydrogen-bond acceptors (Lipinski definition) is 6. The molecule has 2 heterocycles. The number of benzene rings is 2. The Kier molecular flexibility index (Phi) is 7.08. The molecule has 0 unspecified atom stereocenters. The zero-order chi connectivity index (χ0) is 25.3. The maximum atomic E-state index is 13.7. The second-order valence-electron chi connectivity index (χ2n) is 9.11. The molecule has 182 valence electrons. The highest BCUT2D eigenvalue weighted by atomic mass is 32.1. The number of carbonyl (C=O) groups is 1. The molecule has 0 N–H and O–H groups in total. The van der Waals surface area contributed by atoms with E-state index in [2.05, 4.69) is 31.0 Å². The number of carbonyl (C=O) groups excluding carboxylic acids is 1. The predicted molar refractivity (Wildman–Crippen MR) is 142 cm³/mol. The van der Waals surface area contributed by atoms with E-state index >= 15 is 0 Å². The van der Waals surface area contributed by atoms with E-state index in [1.54, 1.807) is 18.4 Å². The van der Waals surface area contributed by atoms with Gasteiger partial charge in [-0.2, -0.15) is 0 Å². The van der Waals surface area contributed by atoms with Crippen molar-refractivity contribution in [3.05, 3.63) is 96.2 Å². The van der Waals surface area contributed by atoms with E-state index in [0.717, 1.165) is 16.8 Å². The highest BCUT2D eigenvalue weighted by molar-refractivity contribution is 7.07. The average Bonchev–Trinajstić information content (AvgIpc) is 3.13. The first-order chi connectivity index (χ1) is 16.7. The molecule has 3 aromatic rings. The van der Waals surface area contributed by atoms with Crippen molar-refractivity contribution in [1.82, 2.24) is 4.57 Å². The molecule has 1 aromatic heterocycles. The fourth-order valence-electron chi connectivity index (χ4n) is 4.19. The van der Waals surface area contributed by atoms with E-state index in [1.807, 2.05) is 61.5 Å². The lowest BCUT2D eigenvalue weighted by atomic mass is 9.95. The number of hydrogen-bond donors (Lipinski definition) is 0. The fraction of sp³-hybridized carbons (Fsp3) is 0.321. The van der Waals surface area contributed by atoms with Crippen LogP contribution < -0.4 is 19.8 Å². The number of esters is 1. The average molecular weight is 490 g/mol. The van der Waals surface area contributed by atoms with Crippen molar-refractivity contribution in [1.29, 1.82) is 0 Å². The van der Waals surface area contributed by atoms with Crippen LogP contribution in [0, 0.1) is 0 Å². The number of ether oxygens (including phenoxy) is 1. The quantitative estimate of drug-likeness (QED) is 0.491. The van der Waals surface area contributed by atoms with Gasteiger partial charge in [0, 0.05) is 19.8 Å². The van der Waals surface area contributed by atoms with E-state index in [-0.39, 0.29) is 12.2 Å². The number of thiazole rings is 1. The van der Waals surface area contributed by atoms with Gasteiger partial charge in [-0.1, -0.05) is 61.6 Å². The third-order valence-corrected chi connectivity index (χ3v) is 7.13. The van der Waals surface area contributed by atoms with Gasteiger partial charge < -0.3 is 9.64 Å². The first-order valence-corrected chi connectivity index (χ1v) is 12.6. The van der Waals surface area contributed by atoms with Crippen LogP contribution in [-0.4, -0.2) is 31.2 Å². The van der Waals surface area contributed by atoms with Gasteiger partial charge in [0.25, 0.3) is 5.56 Å². The minimum Gasteiger partial charge on any atom is -0.463 e. The van der Waals surface area contributed by atoms with E-state index in [1.165, 1.54) is 16.9 Å². The molecule has 1 aliphatic rings. The molecule has 0 radical (unpaired) electrons. The van der Waals surface area contributed by atoms with Crippen LogP contribution in [0.1, 0.15) is 56.3 Å². The lowest BCUT2D eigenvalue weighted by molar-refractivity contribution is -0.139. The smallest absolute Gasteiger partial charge is 0.338 e. The van der Waals surface area contributed by atoms with Crippen molar-refractivity contribution < 1.29 is 9.53 Å². The largest absolute Gasteiger partial charge is 0.463 e. The van der Waals surface area contributed by atoms with Crippen LogP contribution in [0.5, 0.6) is 0 Å². The summed E-state index contributed by atoms with van der Waals surface area (Å²) in [5.41, 5.74) is 4.86. The summed E-state index contributed by atoms with van der Waals surface area (Å²) < 4.78 is 7.57. The van der Waals surface area contributed by atoms with Gasteiger partial charge in [-0.15, -0.1) is 0 Å². The van der Waals surface area contributed by atoms with Gasteiger partial charge in [0.15, 0.2) is 4.80 Å². The van der Waals surface area contributed by atoms with Crippen LogP contribution in [0.3, 0.4) is 0 Å². The Labute approximate surface area is 209 Å². The molecule has 6 nitrogen and oxygen atoms in total. The Morgan fingerprint density at radius 2 is 1.80 bits per heavy atom. The Balaban J connectivity index is 1.88. The second-order valence-corrected chi connectivity index (χ2v) is 10.1. The van der Waals surface area contributed by atoms with E-state index < -0.39 is 12.0 Å². The van der Waals surface area contributed by atoms with Crippen molar-refractivity contribution in [2.24, 2.45) is 4.99 Å². The van der Waals surface area contributed by atoms with Gasteiger partial charge in [0.05, 0.1) is 28.5 Å². The summed E-state index contributed by atoms with van der Waals surface area (Å²) in [6.07, 6.45) is 1.89. The van der Waals surface area contributed by atoms with Crippen LogP contribution in [-0.2, 0) is 9.53 Å². The Morgan fingerprint density at radius 1 is 1.14 bits per heavy atom. The van der Waals surface area contributed by atoms with Crippen molar-refractivity contribution in [2.45, 2.75) is 39.7 Å². The lowest BCUT2D eigenvalue weighted by Crippen LogP contribution is -2.39. The molecule has 4 rings (SSSR count). The third-order valence-electron chi connectivity index (χ3n) is 6.14. The van der Waals surface area contributed by atoms with Crippen LogP contribution >= 0.6 is 11.3 Å². The SMILES string of the molecule is CCOC(=O)C1=C(C)N=c2s/c(=C\c3ccc(C(C)C)cc3)c(=O)n2[C@@H]1c1ccc(N(C)C)cc1. The summed E-state index contributed by atoms with van der Waals surface area (Å²) in [4.78, 5) is 33.9. The maximum absolute atomic E-state index is 13.7. The van der Waals surface area contributed by atoms with Crippen molar-refractivity contribution in [3.8, 4) is 0 Å². The first-order valence-electron chi connectivity index (χ1n) is 11.8. The summed E-state index contributed by atoms with van der Waals surface area (Å²) in [7, 11) is 3.94. The van der Waals surface area contributed by atoms with Gasteiger partial charge in [-0.25, -0.2) is 9.79 Å². The molecule has 35 heavy (non-hydrogen) atoms. The molecule has 0 fully saturated rings. The van der Waals surface area contributed by atoms with Crippen molar-refractivity contribution in [2.75, 3.05) is 25.6 Å². The molecule has 7 heteroatoms. The molecule has 2 aromatic carbocycles. The van der Waals surface area contributed by atoms with Crippen LogP contribution in [0.25, 0.3) is 6.08 Å².